The highest BCUT2D eigenvalue weighted by Gasteiger charge is 2.48. The molecule has 182 valence electrons. The fourth-order valence-corrected chi connectivity index (χ4v) is 4.02. The van der Waals surface area contributed by atoms with Crippen LogP contribution in [0.2, 0.25) is 5.02 Å². The molecular weight excluding hydrogens is 481 g/mol. The Bertz CT molecular complexity index is 1170. The zero-order chi connectivity index (χ0) is 24.6. The Kier molecular flexibility index (Phi) is 6.26. The Labute approximate surface area is 196 Å². The number of carbonyl (C=O) groups excluding carboxylic acids is 1. The average Bonchev–Trinajstić information content (AvgIpc) is 3.45. The Morgan fingerprint density at radius 3 is 2.44 bits per heavy atom. The van der Waals surface area contributed by atoms with Gasteiger partial charge in [0.05, 0.1) is 33.6 Å². The maximum absolute atomic E-state index is 13.9. The molecule has 0 fully saturated rings. The van der Waals surface area contributed by atoms with Crippen LogP contribution in [-0.4, -0.2) is 43.2 Å². The quantitative estimate of drug-likeness (QED) is 0.487. The van der Waals surface area contributed by atoms with Gasteiger partial charge in [0.2, 0.25) is 5.75 Å². The molecule has 2 aromatic heterocycles. The van der Waals surface area contributed by atoms with Crippen molar-refractivity contribution in [3.8, 4) is 17.2 Å². The number of fused-ring (bicyclic) bond motifs is 1. The van der Waals surface area contributed by atoms with Crippen molar-refractivity contribution in [2.45, 2.75) is 24.7 Å². The first-order valence-electron chi connectivity index (χ1n) is 9.93. The maximum atomic E-state index is 13.9. The van der Waals surface area contributed by atoms with Gasteiger partial charge in [-0.15, -0.1) is 0 Å². The molecule has 0 saturated carbocycles. The number of halogens is 4. The van der Waals surface area contributed by atoms with E-state index in [0.717, 1.165) is 0 Å². The van der Waals surface area contributed by atoms with E-state index in [0.29, 0.717) is 16.2 Å². The van der Waals surface area contributed by atoms with Crippen molar-refractivity contribution < 1.29 is 36.6 Å². The molecule has 0 bridgehead atoms. The van der Waals surface area contributed by atoms with Crippen LogP contribution in [0.1, 0.15) is 34.8 Å². The Morgan fingerprint density at radius 1 is 1.24 bits per heavy atom. The lowest BCUT2D eigenvalue weighted by Gasteiger charge is -2.32. The summed E-state index contributed by atoms with van der Waals surface area (Å²) in [5.74, 6) is 0.200. The number of furan rings is 1. The lowest BCUT2D eigenvalue weighted by Crippen LogP contribution is -2.35. The monoisotopic (exact) mass is 500 g/mol. The number of ether oxygens (including phenoxy) is 3. The molecule has 4 rings (SSSR count). The van der Waals surface area contributed by atoms with E-state index in [2.05, 4.69) is 15.7 Å². The summed E-state index contributed by atoms with van der Waals surface area (Å²) in [6.07, 6.45) is -3.67. The van der Waals surface area contributed by atoms with Gasteiger partial charge in [-0.2, -0.15) is 18.3 Å². The molecule has 9 nitrogen and oxygen atoms in total. The Balaban J connectivity index is 1.69. The predicted octanol–water partition coefficient (Wildman–Crippen LogP) is 5.07. The molecule has 1 aromatic carbocycles. The van der Waals surface area contributed by atoms with E-state index in [4.69, 9.17) is 30.2 Å². The van der Waals surface area contributed by atoms with Crippen molar-refractivity contribution in [3.05, 3.63) is 47.0 Å². The normalized spacial score (nSPS) is 17.5. The predicted molar refractivity (Wildman–Crippen MR) is 116 cm³/mol. The minimum atomic E-state index is -4.64. The molecule has 0 spiro atoms. The molecule has 13 heteroatoms. The number of alkyl halides is 3. The molecule has 34 heavy (non-hydrogen) atoms. The molecule has 0 aliphatic carbocycles. The third-order valence-electron chi connectivity index (χ3n) is 5.32. The topological polar surface area (TPSA) is 99.8 Å². The zero-order valence-corrected chi connectivity index (χ0v) is 19.0. The van der Waals surface area contributed by atoms with Crippen LogP contribution in [0.25, 0.3) is 0 Å². The second-order valence-corrected chi connectivity index (χ2v) is 7.71. The van der Waals surface area contributed by atoms with E-state index >= 15 is 0 Å². The molecular formula is C21H20ClF3N4O5. The van der Waals surface area contributed by atoms with Gasteiger partial charge in [-0.05, 0) is 12.1 Å². The number of anilines is 2. The van der Waals surface area contributed by atoms with E-state index < -0.39 is 30.6 Å². The second-order valence-electron chi connectivity index (χ2n) is 7.33. The molecule has 3 heterocycles. The van der Waals surface area contributed by atoms with E-state index in [9.17, 15) is 18.0 Å². The molecule has 1 aliphatic heterocycles. The molecule has 2 atom stereocenters. The minimum absolute atomic E-state index is 0.133. The number of benzene rings is 1. The molecule has 0 saturated heterocycles. The fourth-order valence-electron chi connectivity index (χ4n) is 3.75. The fraction of sp³-hybridized carbons (Fsp3) is 0.333. The van der Waals surface area contributed by atoms with Gasteiger partial charge >= 0.3 is 6.18 Å². The Hall–Kier alpha value is -3.54. The summed E-state index contributed by atoms with van der Waals surface area (Å²) >= 11 is 6.34. The van der Waals surface area contributed by atoms with Crippen LogP contribution in [0.5, 0.6) is 17.2 Å². The number of hydrogen-bond acceptors (Lipinski definition) is 7. The third kappa shape index (κ3) is 4.20. The van der Waals surface area contributed by atoms with Crippen molar-refractivity contribution in [1.29, 1.82) is 0 Å². The standard InChI is InChI=1S/C21H20ClF3N4O5/c1-31-13-7-10(8-14(32-2)18(13)33-3)26-20(30)17-16(22)19-27-11(12-5-4-6-34-12)9-15(21(23,24)25)29(19)28-17/h4-8,11,15,27H,9H2,1-3H3,(H,26,30)/t11-,15+/m1/s1. The SMILES string of the molecule is COc1cc(NC(=O)c2nn3c(c2Cl)N[C@@H](c2ccco2)C[C@H]3C(F)(F)F)cc(OC)c1OC. The van der Waals surface area contributed by atoms with E-state index in [1.54, 1.807) is 12.1 Å². The number of carbonyl (C=O) groups is 1. The van der Waals surface area contributed by atoms with E-state index in [1.165, 1.54) is 39.7 Å². The first kappa shape index (κ1) is 23.6. The highest BCUT2D eigenvalue weighted by Crippen LogP contribution is 2.46. The highest BCUT2D eigenvalue weighted by molar-refractivity contribution is 6.36. The van der Waals surface area contributed by atoms with E-state index in [1.807, 2.05) is 0 Å². The first-order valence-corrected chi connectivity index (χ1v) is 10.3. The van der Waals surface area contributed by atoms with E-state index in [-0.39, 0.29) is 33.7 Å². The number of nitrogens with one attached hydrogen (secondary N) is 2. The van der Waals surface area contributed by atoms with Gasteiger partial charge in [0.25, 0.3) is 5.91 Å². The molecule has 1 aliphatic rings. The number of hydrogen-bond donors (Lipinski definition) is 2. The van der Waals surface area contributed by atoms with Crippen molar-refractivity contribution in [1.82, 2.24) is 9.78 Å². The number of aromatic nitrogens is 2. The summed E-state index contributed by atoms with van der Waals surface area (Å²) in [5, 5.41) is 9.10. The number of amides is 1. The van der Waals surface area contributed by atoms with Gasteiger partial charge in [0.1, 0.15) is 16.6 Å². The maximum Gasteiger partial charge on any atom is 0.410 e. The number of nitrogens with zero attached hydrogens (tertiary/aromatic N) is 2. The first-order chi connectivity index (χ1) is 16.2. The van der Waals surface area contributed by atoms with Crippen LogP contribution >= 0.6 is 11.6 Å². The van der Waals surface area contributed by atoms with Gasteiger partial charge in [-0.25, -0.2) is 4.68 Å². The van der Waals surface area contributed by atoms with Gasteiger partial charge < -0.3 is 29.3 Å². The average molecular weight is 501 g/mol. The van der Waals surface area contributed by atoms with Crippen LogP contribution in [0.15, 0.2) is 34.9 Å². The van der Waals surface area contributed by atoms with Gasteiger partial charge in [-0.1, -0.05) is 11.6 Å². The minimum Gasteiger partial charge on any atom is -0.493 e. The van der Waals surface area contributed by atoms with Gasteiger partial charge in [0.15, 0.2) is 23.2 Å². The summed E-state index contributed by atoms with van der Waals surface area (Å²) in [6.45, 7) is 0. The molecule has 3 aromatic rings. The lowest BCUT2D eigenvalue weighted by atomic mass is 10.0. The molecule has 1 amide bonds. The lowest BCUT2D eigenvalue weighted by molar-refractivity contribution is -0.174. The third-order valence-corrected chi connectivity index (χ3v) is 5.68. The summed E-state index contributed by atoms with van der Waals surface area (Å²) in [5.41, 5.74) is -0.150. The van der Waals surface area contributed by atoms with Crippen molar-refractivity contribution in [2.24, 2.45) is 0 Å². The van der Waals surface area contributed by atoms with Crippen molar-refractivity contribution >= 4 is 29.0 Å². The van der Waals surface area contributed by atoms with Crippen LogP contribution < -0.4 is 24.8 Å². The van der Waals surface area contributed by atoms with Crippen molar-refractivity contribution in [3.63, 3.8) is 0 Å². The number of methoxy groups -OCH3 is 3. The molecule has 0 unspecified atom stereocenters. The summed E-state index contributed by atoms with van der Waals surface area (Å²) in [4.78, 5) is 13.0. The van der Waals surface area contributed by atoms with Crippen LogP contribution in [0, 0.1) is 0 Å². The summed E-state index contributed by atoms with van der Waals surface area (Å²) < 4.78 is 63.3. The molecule has 0 radical (unpaired) electrons. The van der Waals surface area contributed by atoms with Crippen LogP contribution in [-0.2, 0) is 0 Å². The van der Waals surface area contributed by atoms with Crippen LogP contribution in [0.4, 0.5) is 24.7 Å². The smallest absolute Gasteiger partial charge is 0.410 e. The van der Waals surface area contributed by atoms with Crippen molar-refractivity contribution in [2.75, 3.05) is 32.0 Å². The zero-order valence-electron chi connectivity index (χ0n) is 18.2. The highest BCUT2D eigenvalue weighted by atomic mass is 35.5. The van der Waals surface area contributed by atoms with Crippen LogP contribution in [0.3, 0.4) is 0 Å². The Morgan fingerprint density at radius 2 is 1.91 bits per heavy atom. The largest absolute Gasteiger partial charge is 0.493 e. The van der Waals surface area contributed by atoms with Gasteiger partial charge in [0, 0.05) is 24.2 Å². The second kappa shape index (κ2) is 9.01. The van der Waals surface area contributed by atoms with Gasteiger partial charge in [-0.3, -0.25) is 4.79 Å². The summed E-state index contributed by atoms with van der Waals surface area (Å²) in [7, 11) is 4.23. The number of rotatable bonds is 6. The summed E-state index contributed by atoms with van der Waals surface area (Å²) in [6, 6.07) is 3.24. The molecule has 2 N–H and O–H groups in total.